The number of hydrogen-bond donors (Lipinski definition) is 1. The van der Waals surface area contributed by atoms with E-state index >= 15 is 0 Å². The first-order valence-electron chi connectivity index (χ1n) is 8.74. The highest BCUT2D eigenvalue weighted by atomic mass is 32.2. The van der Waals surface area contributed by atoms with Crippen molar-refractivity contribution in [1.29, 1.82) is 5.26 Å². The minimum Gasteiger partial charge on any atom is -0.326 e. The number of thioether (sulfide) groups is 1. The van der Waals surface area contributed by atoms with Gasteiger partial charge in [0.1, 0.15) is 11.1 Å². The molecule has 0 saturated heterocycles. The summed E-state index contributed by atoms with van der Waals surface area (Å²) in [5.41, 5.74) is 5.62. The van der Waals surface area contributed by atoms with Crippen LogP contribution in [-0.4, -0.2) is 16.6 Å². The fraction of sp³-hybridized carbons (Fsp3) is 0.381. The van der Waals surface area contributed by atoms with Gasteiger partial charge in [-0.15, -0.1) is 11.8 Å². The number of pyridine rings is 1. The summed E-state index contributed by atoms with van der Waals surface area (Å²) in [4.78, 5) is 16.7. The zero-order chi connectivity index (χ0) is 19.3. The molecule has 0 saturated carbocycles. The highest BCUT2D eigenvalue weighted by molar-refractivity contribution is 7.99. The molecule has 0 spiro atoms. The molecule has 0 fully saturated rings. The Kier molecular flexibility index (Phi) is 6.82. The average Bonchev–Trinajstić information content (AvgIpc) is 2.60. The summed E-state index contributed by atoms with van der Waals surface area (Å²) in [7, 11) is 0. The predicted octanol–water partition coefficient (Wildman–Crippen LogP) is 5.12. The minimum atomic E-state index is -0.0335. The lowest BCUT2D eigenvalue weighted by atomic mass is 10.0. The maximum Gasteiger partial charge on any atom is 0.225 e. The van der Waals surface area contributed by atoms with Crippen molar-refractivity contribution in [2.24, 2.45) is 0 Å². The van der Waals surface area contributed by atoms with Crippen LogP contribution < -0.4 is 5.32 Å². The number of carbonyl (C=O) groups is 1. The van der Waals surface area contributed by atoms with Crippen LogP contribution in [0.15, 0.2) is 29.3 Å². The van der Waals surface area contributed by atoms with Gasteiger partial charge in [-0.05, 0) is 55.5 Å². The summed E-state index contributed by atoms with van der Waals surface area (Å²) < 4.78 is 0. The molecule has 26 heavy (non-hydrogen) atoms. The van der Waals surface area contributed by atoms with Gasteiger partial charge in [0, 0.05) is 23.6 Å². The van der Waals surface area contributed by atoms with E-state index in [4.69, 9.17) is 0 Å². The van der Waals surface area contributed by atoms with E-state index < -0.39 is 0 Å². The van der Waals surface area contributed by atoms with E-state index in [1.165, 1.54) is 17.3 Å². The van der Waals surface area contributed by atoms with Crippen LogP contribution in [0.2, 0.25) is 0 Å². The third kappa shape index (κ3) is 4.86. The lowest BCUT2D eigenvalue weighted by Gasteiger charge is -2.11. The number of aryl methyl sites for hydroxylation is 1. The maximum atomic E-state index is 12.2. The number of rotatable bonds is 6. The first-order valence-corrected chi connectivity index (χ1v) is 9.72. The number of nitrogens with one attached hydrogen (secondary N) is 1. The number of anilines is 1. The fourth-order valence-electron chi connectivity index (χ4n) is 2.56. The van der Waals surface area contributed by atoms with Crippen LogP contribution in [0.25, 0.3) is 0 Å². The number of nitrogens with zero attached hydrogens (tertiary/aromatic N) is 2. The number of amides is 1. The molecule has 0 unspecified atom stereocenters. The van der Waals surface area contributed by atoms with Gasteiger partial charge in [-0.1, -0.05) is 26.0 Å². The zero-order valence-electron chi connectivity index (χ0n) is 16.0. The second-order valence-electron chi connectivity index (χ2n) is 6.66. The van der Waals surface area contributed by atoms with Gasteiger partial charge in [0.2, 0.25) is 5.91 Å². The summed E-state index contributed by atoms with van der Waals surface area (Å²) in [5, 5.41) is 13.0. The van der Waals surface area contributed by atoms with E-state index in [2.05, 4.69) is 30.2 Å². The van der Waals surface area contributed by atoms with Crippen LogP contribution in [0.3, 0.4) is 0 Å². The van der Waals surface area contributed by atoms with E-state index in [-0.39, 0.29) is 5.91 Å². The van der Waals surface area contributed by atoms with Crippen LogP contribution in [0.5, 0.6) is 0 Å². The van der Waals surface area contributed by atoms with Gasteiger partial charge in [0.25, 0.3) is 0 Å². The Morgan fingerprint density at radius 1 is 1.19 bits per heavy atom. The second kappa shape index (κ2) is 8.86. The first kappa shape index (κ1) is 20.0. The van der Waals surface area contributed by atoms with Crippen molar-refractivity contribution in [3.8, 4) is 6.07 Å². The smallest absolute Gasteiger partial charge is 0.225 e. The van der Waals surface area contributed by atoms with Crippen molar-refractivity contribution in [2.45, 2.75) is 52.0 Å². The van der Waals surface area contributed by atoms with Gasteiger partial charge in [0.15, 0.2) is 0 Å². The molecule has 2 aromatic rings. The molecule has 4 nitrogen and oxygen atoms in total. The van der Waals surface area contributed by atoms with Gasteiger partial charge in [0.05, 0.1) is 5.56 Å². The average molecular weight is 368 g/mol. The Hall–Kier alpha value is -2.32. The van der Waals surface area contributed by atoms with E-state index in [1.54, 1.807) is 0 Å². The standard InChI is InChI=1S/C21H25N3OS/c1-13(2)17-6-8-18(9-7-17)24-20(25)10-11-26-21-19(12-22)15(4)14(3)16(5)23-21/h6-9,13H,10-11H2,1-5H3,(H,24,25). The van der Waals surface area contributed by atoms with E-state index in [9.17, 15) is 10.1 Å². The second-order valence-corrected chi connectivity index (χ2v) is 7.75. The van der Waals surface area contributed by atoms with Crippen molar-refractivity contribution in [2.75, 3.05) is 11.1 Å². The Labute approximate surface area is 160 Å². The molecule has 0 atom stereocenters. The SMILES string of the molecule is Cc1nc(SCCC(=O)Nc2ccc(C(C)C)cc2)c(C#N)c(C)c1C. The van der Waals surface area contributed by atoms with Gasteiger partial charge in [-0.2, -0.15) is 5.26 Å². The van der Waals surface area contributed by atoms with Crippen LogP contribution in [-0.2, 0) is 4.79 Å². The first-order chi connectivity index (χ1) is 12.3. The number of hydrogen-bond acceptors (Lipinski definition) is 4. The molecule has 5 heteroatoms. The van der Waals surface area contributed by atoms with Gasteiger partial charge in [-0.25, -0.2) is 4.98 Å². The lowest BCUT2D eigenvalue weighted by Crippen LogP contribution is -2.12. The highest BCUT2D eigenvalue weighted by Crippen LogP contribution is 2.27. The number of nitriles is 1. The van der Waals surface area contributed by atoms with Crippen LogP contribution >= 0.6 is 11.8 Å². The summed E-state index contributed by atoms with van der Waals surface area (Å²) in [6.07, 6.45) is 0.370. The molecule has 0 radical (unpaired) electrons. The van der Waals surface area contributed by atoms with E-state index in [1.807, 2.05) is 45.0 Å². The van der Waals surface area contributed by atoms with Crippen LogP contribution in [0, 0.1) is 32.1 Å². The third-order valence-electron chi connectivity index (χ3n) is 4.50. The van der Waals surface area contributed by atoms with Crippen LogP contribution in [0.1, 0.15) is 54.1 Å². The Balaban J connectivity index is 1.94. The molecule has 1 aromatic carbocycles. The molecular weight excluding hydrogens is 342 g/mol. The zero-order valence-corrected chi connectivity index (χ0v) is 16.8. The molecule has 0 aliphatic carbocycles. The quantitative estimate of drug-likeness (QED) is 0.719. The summed E-state index contributed by atoms with van der Waals surface area (Å²) in [6, 6.07) is 10.2. The van der Waals surface area contributed by atoms with Crippen LogP contribution in [0.4, 0.5) is 5.69 Å². The highest BCUT2D eigenvalue weighted by Gasteiger charge is 2.13. The van der Waals surface area contributed by atoms with Gasteiger partial charge < -0.3 is 5.32 Å². The number of carbonyl (C=O) groups excluding carboxylic acids is 1. The molecule has 0 bridgehead atoms. The lowest BCUT2D eigenvalue weighted by molar-refractivity contribution is -0.115. The minimum absolute atomic E-state index is 0.0335. The normalized spacial score (nSPS) is 10.7. The molecule has 2 rings (SSSR count). The Morgan fingerprint density at radius 2 is 1.85 bits per heavy atom. The van der Waals surface area contributed by atoms with Crippen molar-refractivity contribution in [3.63, 3.8) is 0 Å². The van der Waals surface area contributed by atoms with Crippen molar-refractivity contribution < 1.29 is 4.79 Å². The molecule has 1 heterocycles. The molecule has 0 aliphatic rings. The molecule has 0 aliphatic heterocycles. The summed E-state index contributed by atoms with van der Waals surface area (Å²) in [5.74, 6) is 1.02. The summed E-state index contributed by atoms with van der Waals surface area (Å²) in [6.45, 7) is 10.2. The fourth-order valence-corrected chi connectivity index (χ4v) is 3.59. The van der Waals surface area contributed by atoms with Crippen molar-refractivity contribution in [1.82, 2.24) is 4.98 Å². The number of aromatic nitrogens is 1. The van der Waals surface area contributed by atoms with E-state index in [0.29, 0.717) is 28.7 Å². The van der Waals surface area contributed by atoms with E-state index in [0.717, 1.165) is 22.5 Å². The summed E-state index contributed by atoms with van der Waals surface area (Å²) >= 11 is 1.46. The maximum absolute atomic E-state index is 12.2. The molecule has 1 amide bonds. The number of benzene rings is 1. The van der Waals surface area contributed by atoms with Crippen molar-refractivity contribution >= 4 is 23.4 Å². The molecule has 1 N–H and O–H groups in total. The van der Waals surface area contributed by atoms with Gasteiger partial charge >= 0.3 is 0 Å². The Morgan fingerprint density at radius 3 is 2.42 bits per heavy atom. The predicted molar refractivity (Wildman–Crippen MR) is 108 cm³/mol. The molecule has 1 aromatic heterocycles. The third-order valence-corrected chi connectivity index (χ3v) is 5.48. The molecule has 136 valence electrons. The molecular formula is C21H25N3OS. The van der Waals surface area contributed by atoms with Crippen molar-refractivity contribution in [3.05, 3.63) is 52.2 Å². The largest absolute Gasteiger partial charge is 0.326 e. The van der Waals surface area contributed by atoms with Gasteiger partial charge in [-0.3, -0.25) is 4.79 Å². The topological polar surface area (TPSA) is 65.8 Å². The monoisotopic (exact) mass is 367 g/mol. The Bertz CT molecular complexity index is 836.